The van der Waals surface area contributed by atoms with Crippen molar-refractivity contribution in [3.05, 3.63) is 46.1 Å². The number of hydrogen-bond donors (Lipinski definition) is 2. The molecule has 1 aliphatic rings. The van der Waals surface area contributed by atoms with Crippen LogP contribution in [0.5, 0.6) is 5.75 Å². The number of nitrogens with one attached hydrogen (secondary N) is 1. The van der Waals surface area contributed by atoms with Gasteiger partial charge in [0, 0.05) is 18.6 Å². The molecular formula is C16H15ClN2O3. The van der Waals surface area contributed by atoms with E-state index in [0.29, 0.717) is 11.1 Å². The minimum Gasteiger partial charge on any atom is -0.508 e. The summed E-state index contributed by atoms with van der Waals surface area (Å²) in [6.45, 7) is 4.61. The number of carbonyl (C=O) groups is 2. The molecule has 0 atom stereocenters. The first-order valence-corrected chi connectivity index (χ1v) is 6.94. The van der Waals surface area contributed by atoms with Crippen LogP contribution in [0.25, 0.3) is 0 Å². The predicted molar refractivity (Wildman–Crippen MR) is 85.5 cm³/mol. The highest BCUT2D eigenvalue weighted by Gasteiger charge is 2.30. The molecule has 1 amide bonds. The van der Waals surface area contributed by atoms with E-state index < -0.39 is 5.91 Å². The summed E-state index contributed by atoms with van der Waals surface area (Å²) in [5, 5.41) is 17.6. The molecule has 0 radical (unpaired) electrons. The highest BCUT2D eigenvalue weighted by molar-refractivity contribution is 6.35. The van der Waals surface area contributed by atoms with E-state index in [1.165, 1.54) is 36.1 Å². The Morgan fingerprint density at radius 1 is 1.32 bits per heavy atom. The molecule has 2 rings (SSSR count). The van der Waals surface area contributed by atoms with Crippen LogP contribution in [-0.4, -0.2) is 22.5 Å². The van der Waals surface area contributed by atoms with E-state index in [-0.39, 0.29) is 33.7 Å². The Hall–Kier alpha value is -2.40. The molecule has 2 N–H and O–H groups in total. The number of phenolic OH excluding ortho intramolecular Hbond substituents is 1. The van der Waals surface area contributed by atoms with Crippen molar-refractivity contribution in [1.29, 1.82) is 5.41 Å². The predicted octanol–water partition coefficient (Wildman–Crippen LogP) is 3.22. The first-order chi connectivity index (χ1) is 10.2. The summed E-state index contributed by atoms with van der Waals surface area (Å²) in [7, 11) is 0. The first kappa shape index (κ1) is 16.0. The number of hydrogen-bond acceptors (Lipinski definition) is 4. The van der Waals surface area contributed by atoms with Crippen LogP contribution in [0.15, 0.2) is 41.1 Å². The highest BCUT2D eigenvalue weighted by Crippen LogP contribution is 2.34. The van der Waals surface area contributed by atoms with Crippen LogP contribution < -0.4 is 4.90 Å². The summed E-state index contributed by atoms with van der Waals surface area (Å²) < 4.78 is 0. The molecule has 0 spiro atoms. The maximum atomic E-state index is 12.3. The fourth-order valence-electron chi connectivity index (χ4n) is 2.34. The number of allylic oxidation sites excluding steroid dienone is 3. The van der Waals surface area contributed by atoms with Gasteiger partial charge in [-0.15, -0.1) is 0 Å². The Morgan fingerprint density at radius 3 is 2.50 bits per heavy atom. The third-order valence-electron chi connectivity index (χ3n) is 3.42. The number of nitrogens with zero attached hydrogens (tertiary/aromatic N) is 1. The van der Waals surface area contributed by atoms with Crippen molar-refractivity contribution in [3.63, 3.8) is 0 Å². The molecule has 0 fully saturated rings. The van der Waals surface area contributed by atoms with Gasteiger partial charge in [0.15, 0.2) is 0 Å². The van der Waals surface area contributed by atoms with Gasteiger partial charge < -0.3 is 10.5 Å². The van der Waals surface area contributed by atoms with Gasteiger partial charge in [0.2, 0.25) is 11.7 Å². The van der Waals surface area contributed by atoms with E-state index in [2.05, 4.69) is 0 Å². The Labute approximate surface area is 133 Å². The molecular weight excluding hydrogens is 304 g/mol. The standard InChI is InChI=1S/C16H15ClN2O3/c1-8-6-14(22)16(9(2)15(8)18)19(10(3)20)13-5-4-11(21)7-12(13)17/h4-7,18,21H,1-3H3. The number of aromatic hydroxyl groups is 1. The van der Waals surface area contributed by atoms with E-state index in [1.54, 1.807) is 13.8 Å². The third-order valence-corrected chi connectivity index (χ3v) is 3.72. The van der Waals surface area contributed by atoms with E-state index >= 15 is 0 Å². The fourth-order valence-corrected chi connectivity index (χ4v) is 2.60. The van der Waals surface area contributed by atoms with Gasteiger partial charge in [0.25, 0.3) is 0 Å². The van der Waals surface area contributed by atoms with Gasteiger partial charge >= 0.3 is 0 Å². The van der Waals surface area contributed by atoms with Crippen LogP contribution in [0.1, 0.15) is 20.8 Å². The van der Waals surface area contributed by atoms with Crippen LogP contribution in [0.2, 0.25) is 5.02 Å². The number of rotatable bonds is 2. The first-order valence-electron chi connectivity index (χ1n) is 6.56. The number of ketones is 1. The third kappa shape index (κ3) is 2.67. The quantitative estimate of drug-likeness (QED) is 0.821. The monoisotopic (exact) mass is 318 g/mol. The van der Waals surface area contributed by atoms with Gasteiger partial charge in [-0.05, 0) is 37.6 Å². The normalized spacial score (nSPS) is 15.0. The summed E-state index contributed by atoms with van der Waals surface area (Å²) >= 11 is 6.09. The molecule has 0 aromatic heterocycles. The lowest BCUT2D eigenvalue weighted by Gasteiger charge is -2.28. The Balaban J connectivity index is 2.65. The van der Waals surface area contributed by atoms with Crippen molar-refractivity contribution in [2.45, 2.75) is 20.8 Å². The summed E-state index contributed by atoms with van der Waals surface area (Å²) in [6.07, 6.45) is 1.33. The average Bonchev–Trinajstić information content (AvgIpc) is 2.42. The number of benzene rings is 1. The zero-order chi connectivity index (χ0) is 16.6. The molecule has 1 aromatic rings. The van der Waals surface area contributed by atoms with Crippen LogP contribution in [-0.2, 0) is 9.59 Å². The minimum atomic E-state index is -0.406. The minimum absolute atomic E-state index is 0.0404. The number of phenols is 1. The second-order valence-corrected chi connectivity index (χ2v) is 5.44. The summed E-state index contributed by atoms with van der Waals surface area (Å²) in [5.41, 5.74) is 1.55. The molecule has 5 nitrogen and oxygen atoms in total. The number of carbonyl (C=O) groups excluding carboxylic acids is 2. The van der Waals surface area contributed by atoms with Crippen LogP contribution in [0.3, 0.4) is 0 Å². The molecule has 0 unspecified atom stereocenters. The maximum absolute atomic E-state index is 12.3. The maximum Gasteiger partial charge on any atom is 0.228 e. The van der Waals surface area contributed by atoms with Crippen molar-refractivity contribution >= 4 is 34.7 Å². The van der Waals surface area contributed by atoms with E-state index in [9.17, 15) is 14.7 Å². The molecule has 1 aromatic carbocycles. The van der Waals surface area contributed by atoms with Crippen LogP contribution in [0, 0.1) is 5.41 Å². The highest BCUT2D eigenvalue weighted by atomic mass is 35.5. The van der Waals surface area contributed by atoms with Crippen LogP contribution >= 0.6 is 11.6 Å². The smallest absolute Gasteiger partial charge is 0.228 e. The second-order valence-electron chi connectivity index (χ2n) is 5.03. The van der Waals surface area contributed by atoms with E-state index in [0.717, 1.165) is 0 Å². The molecule has 22 heavy (non-hydrogen) atoms. The van der Waals surface area contributed by atoms with Crippen molar-refractivity contribution in [2.75, 3.05) is 4.90 Å². The number of amides is 1. The summed E-state index contributed by atoms with van der Waals surface area (Å²) in [4.78, 5) is 25.6. The Kier molecular flexibility index (Phi) is 4.19. The topological polar surface area (TPSA) is 81.5 Å². The van der Waals surface area contributed by atoms with Gasteiger partial charge in [-0.25, -0.2) is 0 Å². The molecule has 0 heterocycles. The zero-order valence-electron chi connectivity index (χ0n) is 12.4. The number of anilines is 1. The Bertz CT molecular complexity index is 763. The van der Waals surface area contributed by atoms with Gasteiger partial charge in [-0.2, -0.15) is 0 Å². The lowest BCUT2D eigenvalue weighted by molar-refractivity contribution is -0.118. The summed E-state index contributed by atoms with van der Waals surface area (Å²) in [5.74, 6) is -0.803. The van der Waals surface area contributed by atoms with Crippen molar-refractivity contribution in [1.82, 2.24) is 0 Å². The molecule has 0 bridgehead atoms. The lowest BCUT2D eigenvalue weighted by atomic mass is 9.93. The second kappa shape index (κ2) is 5.77. The molecule has 0 saturated heterocycles. The Morgan fingerprint density at radius 2 is 1.95 bits per heavy atom. The largest absolute Gasteiger partial charge is 0.508 e. The SMILES string of the molecule is CC(=O)N(C1=C(C)C(=N)C(C)=CC1=O)c1ccc(O)cc1Cl. The van der Waals surface area contributed by atoms with Gasteiger partial charge in [0.05, 0.1) is 16.4 Å². The van der Waals surface area contributed by atoms with Crippen LogP contribution in [0.4, 0.5) is 5.69 Å². The summed E-state index contributed by atoms with van der Waals surface area (Å²) in [6, 6.07) is 4.14. The zero-order valence-corrected chi connectivity index (χ0v) is 13.2. The molecule has 0 saturated carbocycles. The van der Waals surface area contributed by atoms with Crippen molar-refractivity contribution in [3.8, 4) is 5.75 Å². The van der Waals surface area contributed by atoms with E-state index in [1.807, 2.05) is 0 Å². The number of halogens is 1. The van der Waals surface area contributed by atoms with Gasteiger partial charge in [-0.3, -0.25) is 14.5 Å². The van der Waals surface area contributed by atoms with Gasteiger partial charge in [-0.1, -0.05) is 11.6 Å². The van der Waals surface area contributed by atoms with Crippen molar-refractivity contribution < 1.29 is 14.7 Å². The van der Waals surface area contributed by atoms with Gasteiger partial charge in [0.1, 0.15) is 11.4 Å². The molecule has 114 valence electrons. The molecule has 6 heteroatoms. The lowest BCUT2D eigenvalue weighted by Crippen LogP contribution is -2.35. The fraction of sp³-hybridized carbons (Fsp3) is 0.188. The average molecular weight is 319 g/mol. The molecule has 1 aliphatic carbocycles. The molecule has 0 aliphatic heterocycles. The van der Waals surface area contributed by atoms with Crippen molar-refractivity contribution in [2.24, 2.45) is 0 Å². The van der Waals surface area contributed by atoms with E-state index in [4.69, 9.17) is 17.0 Å².